The number of rotatable bonds is 11. The molecule has 1 saturated heterocycles. The molecular weight excluding hydrogens is 763 g/mol. The summed E-state index contributed by atoms with van der Waals surface area (Å²) >= 11 is 1.34. The van der Waals surface area contributed by atoms with Crippen LogP contribution in [-0.4, -0.2) is 87.3 Å². The average Bonchev–Trinajstić information content (AvgIpc) is 3.96. The summed E-state index contributed by atoms with van der Waals surface area (Å²) in [6.45, 7) is -2.78. The molecule has 288 valence electrons. The van der Waals surface area contributed by atoms with Gasteiger partial charge in [0.2, 0.25) is 31.6 Å². The van der Waals surface area contributed by atoms with Gasteiger partial charge in [-0.05, 0) is 36.1 Å². The van der Waals surface area contributed by atoms with Crippen molar-refractivity contribution >= 4 is 37.8 Å². The maximum atomic E-state index is 15.6. The number of thioether (sulfide) groups is 1. The number of ether oxygens (including phenoxy) is 6. The Bertz CT molecular complexity index is 2060. The monoisotopic (exact) mass is 795 g/mol. The number of aromatic nitrogens is 1. The van der Waals surface area contributed by atoms with E-state index in [4.69, 9.17) is 23.0 Å². The number of carbonyl (C=O) groups is 3. The topological polar surface area (TPSA) is 180 Å². The van der Waals surface area contributed by atoms with Gasteiger partial charge in [0.15, 0.2) is 17.3 Å². The van der Waals surface area contributed by atoms with Gasteiger partial charge in [0.1, 0.15) is 6.17 Å². The molecule has 1 amide bonds. The second-order valence-corrected chi connectivity index (χ2v) is 14.9. The fourth-order valence-electron chi connectivity index (χ4n) is 6.59. The van der Waals surface area contributed by atoms with Gasteiger partial charge in [-0.25, -0.2) is 36.5 Å². The summed E-state index contributed by atoms with van der Waals surface area (Å²) in [5.41, 5.74) is -0.418. The minimum Gasteiger partial charge on any atom is -0.460 e. The molecule has 0 N–H and O–H groups in total. The summed E-state index contributed by atoms with van der Waals surface area (Å²) in [6, 6.07) is 10.2. The first-order valence-corrected chi connectivity index (χ1v) is 18.7. The second-order valence-electron chi connectivity index (χ2n) is 12.2. The smallest absolute Gasteiger partial charge is 0.460 e. The quantitative estimate of drug-likeness (QED) is 0.147. The van der Waals surface area contributed by atoms with Gasteiger partial charge in [-0.2, -0.15) is 0 Å². The number of methoxy groups -OCH3 is 2. The van der Waals surface area contributed by atoms with Gasteiger partial charge < -0.3 is 33.3 Å². The van der Waals surface area contributed by atoms with E-state index >= 15 is 4.39 Å². The highest BCUT2D eigenvalue weighted by Gasteiger charge is 2.60. The van der Waals surface area contributed by atoms with E-state index in [9.17, 15) is 28.1 Å². The van der Waals surface area contributed by atoms with E-state index in [0.717, 1.165) is 36.8 Å². The van der Waals surface area contributed by atoms with Crippen molar-refractivity contribution < 1.29 is 69.7 Å². The maximum absolute atomic E-state index is 15.6. The molecule has 0 radical (unpaired) electrons. The minimum atomic E-state index is -4.79. The zero-order valence-electron chi connectivity index (χ0n) is 28.6. The molecule has 4 aliphatic rings. The number of phosphoric acid groups is 1. The van der Waals surface area contributed by atoms with Gasteiger partial charge in [0, 0.05) is 28.5 Å². The van der Waals surface area contributed by atoms with Gasteiger partial charge in [0.05, 0.1) is 39.0 Å². The van der Waals surface area contributed by atoms with Gasteiger partial charge >= 0.3 is 20.1 Å². The Kier molecular flexibility index (Phi) is 10.6. The van der Waals surface area contributed by atoms with Crippen molar-refractivity contribution in [3.05, 3.63) is 92.9 Å². The van der Waals surface area contributed by atoms with Crippen LogP contribution in [0.4, 0.5) is 18.4 Å². The van der Waals surface area contributed by atoms with Crippen LogP contribution in [-0.2, 0) is 47.6 Å². The minimum absolute atomic E-state index is 0.0440. The fourth-order valence-corrected chi connectivity index (χ4v) is 8.47. The largest absolute Gasteiger partial charge is 0.510 e. The molecule has 2 fully saturated rings. The van der Waals surface area contributed by atoms with Crippen molar-refractivity contribution in [2.45, 2.75) is 41.2 Å². The summed E-state index contributed by atoms with van der Waals surface area (Å²) in [5.74, 6) is -2.98. The van der Waals surface area contributed by atoms with E-state index in [1.54, 1.807) is 9.91 Å². The van der Waals surface area contributed by atoms with Crippen LogP contribution in [0, 0.1) is 11.6 Å². The SMILES string of the molecule is COC(=O)OCOP(=O)(OCOC(=O)OC)OCOc1c2n(ccc1=O)N([C@@H]1c3ccccc3SCc3c1ccc(F)c3F)[C@@H]1COCC3(CC3)N1C2=O. The Balaban J connectivity index is 1.28. The number of hydrogen-bond donors (Lipinski definition) is 0. The van der Waals surface area contributed by atoms with Crippen LogP contribution in [0.15, 0.2) is 58.4 Å². The van der Waals surface area contributed by atoms with E-state index in [1.165, 1.54) is 28.7 Å². The molecule has 3 aliphatic heterocycles. The lowest BCUT2D eigenvalue weighted by molar-refractivity contribution is -0.0622. The first kappa shape index (κ1) is 37.6. The van der Waals surface area contributed by atoms with Crippen LogP contribution in [0.1, 0.15) is 46.1 Å². The lowest BCUT2D eigenvalue weighted by atomic mass is 9.92. The second kappa shape index (κ2) is 15.2. The normalized spacial score (nSPS) is 19.4. The van der Waals surface area contributed by atoms with Crippen molar-refractivity contribution in [2.24, 2.45) is 0 Å². The predicted molar refractivity (Wildman–Crippen MR) is 179 cm³/mol. The van der Waals surface area contributed by atoms with Crippen LogP contribution >= 0.6 is 19.6 Å². The Morgan fingerprint density at radius 1 is 0.944 bits per heavy atom. The molecular formula is C33H32F2N3O14PS. The molecule has 1 aromatic heterocycles. The highest BCUT2D eigenvalue weighted by molar-refractivity contribution is 7.98. The summed E-state index contributed by atoms with van der Waals surface area (Å²) < 4.78 is 89.9. The number of phosphoric ester groups is 1. The number of nitrogens with zero attached hydrogens (tertiary/aromatic N) is 3. The number of amides is 1. The Morgan fingerprint density at radius 3 is 2.31 bits per heavy atom. The zero-order valence-corrected chi connectivity index (χ0v) is 30.3. The van der Waals surface area contributed by atoms with Crippen molar-refractivity contribution in [1.82, 2.24) is 9.58 Å². The van der Waals surface area contributed by atoms with Gasteiger partial charge in [-0.3, -0.25) is 19.3 Å². The Labute approximate surface area is 309 Å². The summed E-state index contributed by atoms with van der Waals surface area (Å²) in [5, 5.41) is 1.79. The molecule has 2 aromatic carbocycles. The number of fused-ring (bicyclic) bond motifs is 5. The fraction of sp³-hybridized carbons (Fsp3) is 0.394. The number of pyridine rings is 1. The van der Waals surface area contributed by atoms with E-state index < -0.39 is 87.0 Å². The third kappa shape index (κ3) is 7.00. The maximum Gasteiger partial charge on any atom is 0.510 e. The first-order chi connectivity index (χ1) is 26.0. The van der Waals surface area contributed by atoms with E-state index in [1.807, 2.05) is 24.3 Å². The lowest BCUT2D eigenvalue weighted by Crippen LogP contribution is -2.70. The highest BCUT2D eigenvalue weighted by Crippen LogP contribution is 2.52. The number of benzene rings is 2. The molecule has 4 heterocycles. The number of hydrogen-bond acceptors (Lipinski definition) is 16. The number of halogens is 2. The Morgan fingerprint density at radius 2 is 1.63 bits per heavy atom. The van der Waals surface area contributed by atoms with Crippen molar-refractivity contribution in [3.63, 3.8) is 0 Å². The van der Waals surface area contributed by atoms with Crippen LogP contribution < -0.4 is 15.2 Å². The van der Waals surface area contributed by atoms with Crippen LogP contribution in [0.2, 0.25) is 0 Å². The van der Waals surface area contributed by atoms with E-state index in [2.05, 4.69) is 18.9 Å². The van der Waals surface area contributed by atoms with Crippen molar-refractivity contribution in [3.8, 4) is 5.75 Å². The summed E-state index contributed by atoms with van der Waals surface area (Å²) in [6.07, 6.45) is -0.591. The first-order valence-electron chi connectivity index (χ1n) is 16.2. The molecule has 1 saturated carbocycles. The standard InChI is InChI=1S/C33H32F2N3O14PS/c1-44-31(41)48-17-51-53(43,52-18-49-32(42)45-2)50-16-47-29-23(39)9-12-36-28(29)30(40)37-25(13-46-15-33(37)10-11-33)38(36)27-19-7-8-22(34)26(35)21(19)14-54-24-6-4-3-5-20(24)27/h3-9,12,25,27H,10-11,13-18H2,1-2H3/t25-,27+/m1/s1. The molecule has 3 aromatic rings. The molecule has 21 heteroatoms. The number of carbonyl (C=O) groups excluding carboxylic acids is 3. The molecule has 1 spiro atoms. The van der Waals surface area contributed by atoms with Crippen LogP contribution in [0.5, 0.6) is 5.75 Å². The van der Waals surface area contributed by atoms with Crippen molar-refractivity contribution in [2.75, 3.05) is 52.8 Å². The van der Waals surface area contributed by atoms with Gasteiger partial charge in [0.25, 0.3) is 5.91 Å². The molecule has 0 bridgehead atoms. The van der Waals surface area contributed by atoms with E-state index in [-0.39, 0.29) is 30.2 Å². The molecule has 7 rings (SSSR count). The molecule has 17 nitrogen and oxygen atoms in total. The van der Waals surface area contributed by atoms with Gasteiger partial charge in [-0.1, -0.05) is 24.3 Å². The average molecular weight is 796 g/mol. The van der Waals surface area contributed by atoms with Crippen molar-refractivity contribution in [1.29, 1.82) is 0 Å². The van der Waals surface area contributed by atoms with E-state index in [0.29, 0.717) is 18.4 Å². The van der Waals surface area contributed by atoms with Crippen LogP contribution in [0.25, 0.3) is 0 Å². The lowest BCUT2D eigenvalue weighted by Gasteiger charge is -2.54. The third-order valence-corrected chi connectivity index (χ3v) is 11.6. The highest BCUT2D eigenvalue weighted by atomic mass is 32.2. The Hall–Kier alpha value is -4.72. The van der Waals surface area contributed by atoms with Gasteiger partial charge in [-0.15, -0.1) is 11.8 Å². The third-order valence-electron chi connectivity index (χ3n) is 9.18. The molecule has 54 heavy (non-hydrogen) atoms. The molecule has 0 unspecified atom stereocenters. The summed E-state index contributed by atoms with van der Waals surface area (Å²) in [7, 11) is -2.76. The predicted octanol–water partition coefficient (Wildman–Crippen LogP) is 4.78. The summed E-state index contributed by atoms with van der Waals surface area (Å²) in [4.78, 5) is 53.4. The molecule has 2 atom stereocenters. The zero-order chi connectivity index (χ0) is 38.2. The molecule has 1 aliphatic carbocycles. The van der Waals surface area contributed by atoms with Crippen LogP contribution in [0.3, 0.4) is 0 Å². The number of morpholine rings is 1.